The van der Waals surface area contributed by atoms with Crippen LogP contribution in [0.1, 0.15) is 51.1 Å². The van der Waals surface area contributed by atoms with Gasteiger partial charge in [-0.3, -0.25) is 0 Å². The molecule has 1 heterocycles. The Bertz CT molecular complexity index is 752. The van der Waals surface area contributed by atoms with Crippen molar-refractivity contribution >= 4 is 22.0 Å². The first-order chi connectivity index (χ1) is 12.9. The number of nitrogens with zero attached hydrogens (tertiary/aromatic N) is 1. The fourth-order valence-corrected chi connectivity index (χ4v) is 4.46. The third-order valence-electron chi connectivity index (χ3n) is 5.60. The largest absolute Gasteiger partial charge is 0.442 e. The summed E-state index contributed by atoms with van der Waals surface area (Å²) in [4.78, 5) is 15.0. The lowest BCUT2D eigenvalue weighted by Gasteiger charge is -2.39. The first-order valence-corrected chi connectivity index (χ1v) is 10.4. The topological polar surface area (TPSA) is 29.5 Å². The van der Waals surface area contributed by atoms with Crippen molar-refractivity contribution in [1.82, 2.24) is 4.90 Å². The smallest absolute Gasteiger partial charge is 0.410 e. The van der Waals surface area contributed by atoms with E-state index in [9.17, 15) is 4.79 Å². The maximum Gasteiger partial charge on any atom is 0.410 e. The predicted molar refractivity (Wildman–Crippen MR) is 114 cm³/mol. The van der Waals surface area contributed by atoms with Gasteiger partial charge in [0.2, 0.25) is 0 Å². The van der Waals surface area contributed by atoms with Crippen LogP contribution in [0.5, 0.6) is 0 Å². The van der Waals surface area contributed by atoms with E-state index in [1.165, 1.54) is 0 Å². The van der Waals surface area contributed by atoms with Crippen molar-refractivity contribution < 1.29 is 9.53 Å². The molecule has 1 saturated heterocycles. The third kappa shape index (κ3) is 4.55. The quantitative estimate of drug-likeness (QED) is 0.494. The molecule has 2 aliphatic rings. The van der Waals surface area contributed by atoms with Gasteiger partial charge in [-0.25, -0.2) is 4.79 Å². The number of ether oxygens (including phenoxy) is 1. The highest BCUT2D eigenvalue weighted by Gasteiger charge is 2.44. The van der Waals surface area contributed by atoms with Crippen LogP contribution >= 0.6 is 15.9 Å². The second kappa shape index (κ2) is 8.47. The summed E-state index contributed by atoms with van der Waals surface area (Å²) in [6.45, 7) is 8.90. The van der Waals surface area contributed by atoms with E-state index in [0.717, 1.165) is 34.9 Å². The molecule has 27 heavy (non-hydrogen) atoms. The molecule has 1 amide bonds. The SMILES string of the molecule is C=C(C)C[C@]1(C2C=CC=CC2)CCCN([C@@H](C)c2ccc(Br)cc2)C(=O)O1. The van der Waals surface area contributed by atoms with E-state index in [0.29, 0.717) is 13.0 Å². The average Bonchev–Trinajstić information content (AvgIpc) is 2.81. The van der Waals surface area contributed by atoms with Crippen LogP contribution in [0.2, 0.25) is 0 Å². The number of hydrogen-bond acceptors (Lipinski definition) is 2. The van der Waals surface area contributed by atoms with Gasteiger partial charge in [-0.2, -0.15) is 0 Å². The Balaban J connectivity index is 1.84. The molecule has 0 aromatic heterocycles. The van der Waals surface area contributed by atoms with Crippen molar-refractivity contribution in [2.24, 2.45) is 5.92 Å². The molecule has 3 atom stereocenters. The van der Waals surface area contributed by atoms with Crippen molar-refractivity contribution in [3.05, 3.63) is 70.8 Å². The van der Waals surface area contributed by atoms with E-state index < -0.39 is 5.60 Å². The molecule has 0 bridgehead atoms. The number of cyclic esters (lactones) is 1. The molecule has 1 fully saturated rings. The zero-order chi connectivity index (χ0) is 19.4. The fourth-order valence-electron chi connectivity index (χ4n) is 4.19. The lowest BCUT2D eigenvalue weighted by molar-refractivity contribution is -0.0320. The monoisotopic (exact) mass is 429 g/mol. The highest BCUT2D eigenvalue weighted by molar-refractivity contribution is 9.10. The first kappa shape index (κ1) is 19.9. The van der Waals surface area contributed by atoms with Crippen molar-refractivity contribution in [2.45, 2.75) is 51.2 Å². The Hall–Kier alpha value is -1.81. The minimum atomic E-state index is -0.502. The van der Waals surface area contributed by atoms with Crippen LogP contribution in [0.4, 0.5) is 4.79 Å². The molecule has 4 heteroatoms. The minimum absolute atomic E-state index is 0.0204. The van der Waals surface area contributed by atoms with E-state index in [1.54, 1.807) is 0 Å². The number of carbonyl (C=O) groups is 1. The van der Waals surface area contributed by atoms with Crippen LogP contribution in [0.3, 0.4) is 0 Å². The van der Waals surface area contributed by atoms with Gasteiger partial charge in [0.05, 0.1) is 6.04 Å². The van der Waals surface area contributed by atoms with Gasteiger partial charge in [-0.15, -0.1) is 0 Å². The summed E-state index contributed by atoms with van der Waals surface area (Å²) in [5, 5.41) is 0. The molecular weight excluding hydrogens is 402 g/mol. The Labute approximate surface area is 170 Å². The van der Waals surface area contributed by atoms with Crippen LogP contribution < -0.4 is 0 Å². The summed E-state index contributed by atoms with van der Waals surface area (Å²) in [5.41, 5.74) is 1.67. The Kier molecular flexibility index (Phi) is 6.25. The maximum absolute atomic E-state index is 13.2. The molecule has 1 aliphatic heterocycles. The van der Waals surface area contributed by atoms with E-state index in [4.69, 9.17) is 4.74 Å². The predicted octanol–water partition coefficient (Wildman–Crippen LogP) is 6.58. The molecule has 0 radical (unpaired) electrons. The van der Waals surface area contributed by atoms with Crippen molar-refractivity contribution in [3.8, 4) is 0 Å². The summed E-state index contributed by atoms with van der Waals surface area (Å²) < 4.78 is 7.30. The summed E-state index contributed by atoms with van der Waals surface area (Å²) >= 11 is 3.47. The molecule has 1 aliphatic carbocycles. The zero-order valence-corrected chi connectivity index (χ0v) is 17.7. The molecule has 0 spiro atoms. The van der Waals surface area contributed by atoms with E-state index in [1.807, 2.05) is 24.0 Å². The number of hydrogen-bond donors (Lipinski definition) is 0. The summed E-state index contributed by atoms with van der Waals surface area (Å²) in [6.07, 6.45) is 11.6. The zero-order valence-electron chi connectivity index (χ0n) is 16.2. The average molecular weight is 430 g/mol. The van der Waals surface area contributed by atoms with Crippen LogP contribution in [0.15, 0.2) is 65.2 Å². The Morgan fingerprint density at radius 3 is 2.74 bits per heavy atom. The third-order valence-corrected chi connectivity index (χ3v) is 6.13. The van der Waals surface area contributed by atoms with Crippen LogP contribution in [0.25, 0.3) is 0 Å². The van der Waals surface area contributed by atoms with Crippen LogP contribution in [0, 0.1) is 5.92 Å². The Morgan fingerprint density at radius 1 is 1.37 bits per heavy atom. The van der Waals surface area contributed by atoms with Crippen molar-refractivity contribution in [1.29, 1.82) is 0 Å². The van der Waals surface area contributed by atoms with Gasteiger partial charge in [0.25, 0.3) is 0 Å². The van der Waals surface area contributed by atoms with Crippen LogP contribution in [-0.2, 0) is 4.74 Å². The van der Waals surface area contributed by atoms with Gasteiger partial charge in [0.15, 0.2) is 0 Å². The lowest BCUT2D eigenvalue weighted by Crippen LogP contribution is -2.44. The maximum atomic E-state index is 13.2. The molecule has 144 valence electrons. The van der Waals surface area contributed by atoms with Gasteiger partial charge in [-0.1, -0.05) is 64.5 Å². The lowest BCUT2D eigenvalue weighted by atomic mass is 9.76. The van der Waals surface area contributed by atoms with E-state index in [-0.39, 0.29) is 18.1 Å². The molecule has 1 aromatic rings. The van der Waals surface area contributed by atoms with Gasteiger partial charge >= 0.3 is 6.09 Å². The number of rotatable bonds is 5. The minimum Gasteiger partial charge on any atom is -0.442 e. The highest BCUT2D eigenvalue weighted by atomic mass is 79.9. The number of halogens is 1. The molecule has 1 aromatic carbocycles. The molecule has 1 unspecified atom stereocenters. The molecule has 3 nitrogen and oxygen atoms in total. The molecular formula is C23H28BrNO2. The van der Waals surface area contributed by atoms with Gasteiger partial charge in [-0.05, 0) is 50.8 Å². The second-order valence-electron chi connectivity index (χ2n) is 7.75. The van der Waals surface area contributed by atoms with Crippen molar-refractivity contribution in [2.75, 3.05) is 6.54 Å². The van der Waals surface area contributed by atoms with Gasteiger partial charge in [0, 0.05) is 23.4 Å². The normalized spacial score (nSPS) is 26.4. The van der Waals surface area contributed by atoms with Crippen LogP contribution in [-0.4, -0.2) is 23.1 Å². The number of carbonyl (C=O) groups excluding carboxylic acids is 1. The van der Waals surface area contributed by atoms with Gasteiger partial charge in [0.1, 0.15) is 5.60 Å². The van der Waals surface area contributed by atoms with E-state index >= 15 is 0 Å². The highest BCUT2D eigenvalue weighted by Crippen LogP contribution is 2.41. The summed E-state index contributed by atoms with van der Waals surface area (Å²) in [7, 11) is 0. The standard InChI is InChI=1S/C23H28BrNO2/c1-17(2)16-23(20-8-5-4-6-9-20)14-7-15-25(22(26)27-23)18(3)19-10-12-21(24)13-11-19/h4-6,8,10-13,18,20H,1,7,9,14-16H2,2-3H3/t18-,20?,23-/m0/s1. The summed E-state index contributed by atoms with van der Waals surface area (Å²) in [6, 6.07) is 8.12. The Morgan fingerprint density at radius 2 is 2.11 bits per heavy atom. The number of benzene rings is 1. The molecule has 3 rings (SSSR count). The summed E-state index contributed by atoms with van der Waals surface area (Å²) in [5.74, 6) is 0.200. The fraction of sp³-hybridized carbons (Fsp3) is 0.435. The molecule has 0 N–H and O–H groups in total. The number of amides is 1. The van der Waals surface area contributed by atoms with E-state index in [2.05, 4.69) is 65.9 Å². The number of allylic oxidation sites excluding steroid dienone is 3. The second-order valence-corrected chi connectivity index (χ2v) is 8.66. The molecule has 0 saturated carbocycles. The first-order valence-electron chi connectivity index (χ1n) is 9.64. The van der Waals surface area contributed by atoms with Crippen molar-refractivity contribution in [3.63, 3.8) is 0 Å². The van der Waals surface area contributed by atoms with Gasteiger partial charge < -0.3 is 9.64 Å².